The van der Waals surface area contributed by atoms with E-state index >= 15 is 0 Å². The minimum atomic E-state index is -4.47. The van der Waals surface area contributed by atoms with Crippen molar-refractivity contribution in [3.8, 4) is 0 Å². The number of fused-ring (bicyclic) bond motifs is 1. The second-order valence-electron chi connectivity index (χ2n) is 7.52. The number of nitrogens with one attached hydrogen (secondary N) is 2. The van der Waals surface area contributed by atoms with Crippen LogP contribution in [0.3, 0.4) is 0 Å². The quantitative estimate of drug-likeness (QED) is 0.373. The van der Waals surface area contributed by atoms with E-state index in [-0.39, 0.29) is 11.7 Å². The first-order chi connectivity index (χ1) is 13.9. The fourth-order valence-electron chi connectivity index (χ4n) is 3.18. The van der Waals surface area contributed by atoms with Crippen LogP contribution >= 0.6 is 15.9 Å². The van der Waals surface area contributed by atoms with E-state index in [0.29, 0.717) is 17.2 Å². The number of nitrogen functional groups attached to an aromatic ring is 1. The number of alkyl halides is 3. The Morgan fingerprint density at radius 3 is 2.33 bits per heavy atom. The Balaban J connectivity index is 2.01. The molecule has 1 aromatic heterocycles. The molecule has 3 rings (SSSR count). The average molecular weight is 482 g/mol. The highest BCUT2D eigenvalue weighted by atomic mass is 79.9. The van der Waals surface area contributed by atoms with Gasteiger partial charge in [-0.25, -0.2) is 9.97 Å². The van der Waals surface area contributed by atoms with Crippen LogP contribution in [0.15, 0.2) is 34.8 Å². The summed E-state index contributed by atoms with van der Waals surface area (Å²) >= 11 is 3.56. The molecular formula is C21H23BrF3N5. The van der Waals surface area contributed by atoms with E-state index < -0.39 is 17.8 Å². The molecule has 9 heteroatoms. The van der Waals surface area contributed by atoms with Crippen LogP contribution in [0.5, 0.6) is 0 Å². The Morgan fingerprint density at radius 1 is 1.00 bits per heavy atom. The second-order valence-corrected chi connectivity index (χ2v) is 8.37. The van der Waals surface area contributed by atoms with Crippen molar-refractivity contribution in [3.05, 3.63) is 51.8 Å². The van der Waals surface area contributed by atoms with Crippen molar-refractivity contribution < 1.29 is 13.2 Å². The number of hydrogen-bond acceptors (Lipinski definition) is 5. The molecule has 2 aromatic carbocycles. The lowest BCUT2D eigenvalue weighted by atomic mass is 10.0. The highest BCUT2D eigenvalue weighted by molar-refractivity contribution is 9.10. The molecule has 0 saturated heterocycles. The fraction of sp³-hybridized carbons (Fsp3) is 0.333. The molecule has 160 valence electrons. The van der Waals surface area contributed by atoms with Gasteiger partial charge in [0.15, 0.2) is 0 Å². The number of aryl methyl sites for hydroxylation is 1. The van der Waals surface area contributed by atoms with Gasteiger partial charge in [0, 0.05) is 21.6 Å². The number of halogens is 4. The van der Waals surface area contributed by atoms with E-state index in [9.17, 15) is 13.2 Å². The molecule has 0 radical (unpaired) electrons. The van der Waals surface area contributed by atoms with Crippen LogP contribution in [0.1, 0.15) is 43.8 Å². The largest absolute Gasteiger partial charge is 0.416 e. The van der Waals surface area contributed by atoms with E-state index in [1.807, 2.05) is 26.0 Å². The Bertz CT molecular complexity index is 1080. The molecule has 3 aromatic rings. The number of aromatic nitrogens is 2. The third-order valence-corrected chi connectivity index (χ3v) is 5.15. The van der Waals surface area contributed by atoms with Crippen molar-refractivity contribution in [1.82, 2.24) is 9.97 Å². The summed E-state index contributed by atoms with van der Waals surface area (Å²) in [4.78, 5) is 8.98. The van der Waals surface area contributed by atoms with Crippen LogP contribution < -0.4 is 16.4 Å². The van der Waals surface area contributed by atoms with Gasteiger partial charge in [0.25, 0.3) is 0 Å². The fourth-order valence-corrected chi connectivity index (χ4v) is 3.63. The minimum absolute atomic E-state index is 0.0596. The molecule has 0 spiro atoms. The third-order valence-electron chi connectivity index (χ3n) is 4.50. The van der Waals surface area contributed by atoms with Crippen molar-refractivity contribution in [3.63, 3.8) is 0 Å². The van der Waals surface area contributed by atoms with Gasteiger partial charge in [-0.05, 0) is 79.5 Å². The van der Waals surface area contributed by atoms with Crippen LogP contribution in [0.2, 0.25) is 0 Å². The van der Waals surface area contributed by atoms with E-state index in [1.54, 1.807) is 13.8 Å². The van der Waals surface area contributed by atoms with E-state index in [1.165, 1.54) is 6.07 Å². The molecule has 0 bridgehead atoms. The molecule has 1 atom stereocenters. The maximum Gasteiger partial charge on any atom is 0.416 e. The molecule has 0 aliphatic heterocycles. The smallest absolute Gasteiger partial charge is 0.399 e. The Labute approximate surface area is 181 Å². The Kier molecular flexibility index (Phi) is 6.12. The summed E-state index contributed by atoms with van der Waals surface area (Å²) in [5.41, 5.74) is 7.05. The van der Waals surface area contributed by atoms with E-state index in [4.69, 9.17) is 5.73 Å². The van der Waals surface area contributed by atoms with Crippen molar-refractivity contribution in [1.29, 1.82) is 0 Å². The van der Waals surface area contributed by atoms with Crippen LogP contribution in [-0.2, 0) is 6.18 Å². The van der Waals surface area contributed by atoms with Crippen LogP contribution in [0.25, 0.3) is 10.9 Å². The topological polar surface area (TPSA) is 75.9 Å². The molecule has 30 heavy (non-hydrogen) atoms. The summed E-state index contributed by atoms with van der Waals surface area (Å²) in [6, 6.07) is 7.17. The zero-order chi connectivity index (χ0) is 22.2. The maximum absolute atomic E-state index is 13.2. The van der Waals surface area contributed by atoms with Gasteiger partial charge in [-0.3, -0.25) is 0 Å². The predicted octanol–water partition coefficient (Wildman–Crippen LogP) is 6.30. The summed E-state index contributed by atoms with van der Waals surface area (Å²) in [5.74, 6) is 1.09. The molecule has 0 amide bonds. The highest BCUT2D eigenvalue weighted by Gasteiger charge is 2.31. The van der Waals surface area contributed by atoms with Crippen molar-refractivity contribution >= 4 is 44.0 Å². The van der Waals surface area contributed by atoms with Gasteiger partial charge in [0.1, 0.15) is 11.6 Å². The lowest BCUT2D eigenvalue weighted by molar-refractivity contribution is -0.137. The van der Waals surface area contributed by atoms with Crippen LogP contribution in [0.4, 0.5) is 30.4 Å². The van der Waals surface area contributed by atoms with Gasteiger partial charge in [-0.15, -0.1) is 0 Å². The minimum Gasteiger partial charge on any atom is -0.399 e. The molecular weight excluding hydrogens is 459 g/mol. The predicted molar refractivity (Wildman–Crippen MR) is 119 cm³/mol. The second kappa shape index (κ2) is 8.29. The van der Waals surface area contributed by atoms with Crippen molar-refractivity contribution in [2.45, 2.75) is 46.0 Å². The van der Waals surface area contributed by atoms with Crippen molar-refractivity contribution in [2.24, 2.45) is 0 Å². The molecule has 1 heterocycles. The molecule has 0 aliphatic rings. The lowest BCUT2D eigenvalue weighted by Gasteiger charge is -2.20. The van der Waals surface area contributed by atoms with E-state index in [0.717, 1.165) is 33.2 Å². The number of hydrogen-bond donors (Lipinski definition) is 3. The SMILES string of the molecule is Cc1nc(N[C@H](C)c2cc(N)cc(C(F)(F)F)c2)c2cc(Br)c(NC(C)C)cc2n1. The first kappa shape index (κ1) is 22.1. The average Bonchev–Trinajstić information content (AvgIpc) is 2.61. The first-order valence-corrected chi connectivity index (χ1v) is 10.2. The molecule has 0 unspecified atom stereocenters. The van der Waals surface area contributed by atoms with Gasteiger partial charge in [-0.2, -0.15) is 13.2 Å². The Hall–Kier alpha value is -2.55. The van der Waals surface area contributed by atoms with E-state index in [2.05, 4.69) is 36.5 Å². The summed E-state index contributed by atoms with van der Waals surface area (Å²) < 4.78 is 40.3. The van der Waals surface area contributed by atoms with Crippen LogP contribution in [-0.4, -0.2) is 16.0 Å². The van der Waals surface area contributed by atoms with Gasteiger partial charge in [-0.1, -0.05) is 0 Å². The standard InChI is InChI=1S/C21H23BrF3N5/c1-10(2)27-19-9-18-16(8-17(19)22)20(30-12(4)29-18)28-11(3)13-5-14(21(23,24)25)7-15(26)6-13/h5-11,27H,26H2,1-4H3,(H,28,29,30)/t11-/m1/s1. The lowest BCUT2D eigenvalue weighted by Crippen LogP contribution is -2.13. The van der Waals surface area contributed by atoms with Gasteiger partial charge >= 0.3 is 6.18 Å². The molecule has 0 saturated carbocycles. The monoisotopic (exact) mass is 481 g/mol. The number of rotatable bonds is 5. The highest BCUT2D eigenvalue weighted by Crippen LogP contribution is 2.35. The third kappa shape index (κ3) is 4.95. The first-order valence-electron chi connectivity index (χ1n) is 9.42. The number of nitrogens with zero attached hydrogens (tertiary/aromatic N) is 2. The normalized spacial score (nSPS) is 13.0. The summed E-state index contributed by atoms with van der Waals surface area (Å²) in [7, 11) is 0. The summed E-state index contributed by atoms with van der Waals surface area (Å²) in [6.45, 7) is 7.62. The maximum atomic E-state index is 13.2. The zero-order valence-electron chi connectivity index (χ0n) is 17.0. The van der Waals surface area contributed by atoms with Gasteiger partial charge < -0.3 is 16.4 Å². The molecule has 0 fully saturated rings. The number of nitrogens with two attached hydrogens (primary N) is 1. The van der Waals surface area contributed by atoms with Crippen LogP contribution in [0, 0.1) is 6.92 Å². The zero-order valence-corrected chi connectivity index (χ0v) is 18.6. The molecule has 0 aliphatic carbocycles. The van der Waals surface area contributed by atoms with Gasteiger partial charge in [0.2, 0.25) is 0 Å². The summed E-state index contributed by atoms with van der Waals surface area (Å²) in [5, 5.41) is 7.33. The number of benzene rings is 2. The number of anilines is 3. The Morgan fingerprint density at radius 2 is 1.70 bits per heavy atom. The van der Waals surface area contributed by atoms with Crippen molar-refractivity contribution in [2.75, 3.05) is 16.4 Å². The molecule has 4 N–H and O–H groups in total. The molecule has 5 nitrogen and oxygen atoms in total. The summed E-state index contributed by atoms with van der Waals surface area (Å²) in [6.07, 6.45) is -4.47. The van der Waals surface area contributed by atoms with Gasteiger partial charge in [0.05, 0.1) is 22.8 Å².